The Hall–Kier alpha value is -1.43. The summed E-state index contributed by atoms with van der Waals surface area (Å²) in [7, 11) is 0. The predicted molar refractivity (Wildman–Crippen MR) is 77.7 cm³/mol. The Bertz CT molecular complexity index is 476. The van der Waals surface area contributed by atoms with E-state index >= 15 is 0 Å². The van der Waals surface area contributed by atoms with E-state index in [1.165, 1.54) is 0 Å². The van der Waals surface area contributed by atoms with Crippen molar-refractivity contribution in [3.05, 3.63) is 11.7 Å². The van der Waals surface area contributed by atoms with Crippen LogP contribution in [-0.4, -0.2) is 39.2 Å². The zero-order valence-electron chi connectivity index (χ0n) is 13.1. The molecule has 0 spiro atoms. The van der Waals surface area contributed by atoms with E-state index in [9.17, 15) is 9.90 Å². The lowest BCUT2D eigenvalue weighted by atomic mass is 9.76. The fourth-order valence-electron chi connectivity index (χ4n) is 2.85. The molecule has 6 heteroatoms. The maximum absolute atomic E-state index is 11.4. The molecular weight excluding hydrogens is 270 g/mol. The average molecular weight is 295 g/mol. The number of piperidine rings is 1. The van der Waals surface area contributed by atoms with Crippen molar-refractivity contribution in [3.8, 4) is 0 Å². The van der Waals surface area contributed by atoms with E-state index in [0.717, 1.165) is 25.3 Å². The number of carboxylic acid groups (broad SMARTS) is 1. The van der Waals surface area contributed by atoms with E-state index in [-0.39, 0.29) is 0 Å². The highest BCUT2D eigenvalue weighted by Crippen LogP contribution is 2.35. The summed E-state index contributed by atoms with van der Waals surface area (Å²) >= 11 is 0. The van der Waals surface area contributed by atoms with Gasteiger partial charge in [0.2, 0.25) is 5.89 Å². The van der Waals surface area contributed by atoms with Crippen molar-refractivity contribution < 1.29 is 14.4 Å². The molecule has 0 bridgehead atoms. The number of likely N-dealkylation sites (tertiary alicyclic amines) is 1. The highest BCUT2D eigenvalue weighted by Gasteiger charge is 2.39. The number of nitrogens with zero attached hydrogens (tertiary/aromatic N) is 3. The van der Waals surface area contributed by atoms with Crippen LogP contribution in [0.5, 0.6) is 0 Å². The van der Waals surface area contributed by atoms with Crippen molar-refractivity contribution in [2.45, 2.75) is 53.0 Å². The van der Waals surface area contributed by atoms with Crippen LogP contribution in [0.2, 0.25) is 0 Å². The number of carbonyl (C=O) groups is 1. The van der Waals surface area contributed by atoms with Gasteiger partial charge >= 0.3 is 5.97 Å². The molecule has 1 aromatic rings. The molecule has 0 saturated carbocycles. The van der Waals surface area contributed by atoms with Gasteiger partial charge in [-0.3, -0.25) is 9.69 Å². The third kappa shape index (κ3) is 3.81. The van der Waals surface area contributed by atoms with Gasteiger partial charge in [-0.2, -0.15) is 4.98 Å². The average Bonchev–Trinajstić information content (AvgIpc) is 2.86. The van der Waals surface area contributed by atoms with Gasteiger partial charge in [0.05, 0.1) is 12.0 Å². The van der Waals surface area contributed by atoms with Crippen molar-refractivity contribution in [2.24, 2.45) is 11.3 Å². The Morgan fingerprint density at radius 3 is 2.62 bits per heavy atom. The largest absolute Gasteiger partial charge is 0.481 e. The van der Waals surface area contributed by atoms with Crippen LogP contribution in [0.3, 0.4) is 0 Å². The van der Waals surface area contributed by atoms with Crippen LogP contribution in [0.4, 0.5) is 0 Å². The van der Waals surface area contributed by atoms with E-state index < -0.39 is 11.4 Å². The topological polar surface area (TPSA) is 79.5 Å². The second-order valence-electron chi connectivity index (χ2n) is 6.42. The first-order valence-corrected chi connectivity index (χ1v) is 7.72. The second kappa shape index (κ2) is 6.56. The lowest BCUT2D eigenvalue weighted by molar-refractivity contribution is -0.152. The second-order valence-corrected chi connectivity index (χ2v) is 6.42. The molecule has 0 atom stereocenters. The van der Waals surface area contributed by atoms with Crippen molar-refractivity contribution in [1.29, 1.82) is 0 Å². The predicted octanol–water partition coefficient (Wildman–Crippen LogP) is 2.34. The Labute approximate surface area is 125 Å². The zero-order chi connectivity index (χ0) is 15.5. The Morgan fingerprint density at radius 1 is 1.43 bits per heavy atom. The third-order valence-electron chi connectivity index (χ3n) is 4.40. The minimum absolute atomic E-state index is 0.506. The third-order valence-corrected chi connectivity index (χ3v) is 4.40. The molecule has 1 aromatic heterocycles. The summed E-state index contributed by atoms with van der Waals surface area (Å²) in [6.45, 7) is 8.35. The molecule has 21 heavy (non-hydrogen) atoms. The normalized spacial score (nSPS) is 19.0. The minimum Gasteiger partial charge on any atom is -0.481 e. The molecule has 0 aromatic carbocycles. The lowest BCUT2D eigenvalue weighted by Gasteiger charge is -2.37. The van der Waals surface area contributed by atoms with Crippen LogP contribution in [0.15, 0.2) is 4.52 Å². The van der Waals surface area contributed by atoms with Gasteiger partial charge in [-0.15, -0.1) is 0 Å². The summed E-state index contributed by atoms with van der Waals surface area (Å²) < 4.78 is 5.27. The number of hydrogen-bond acceptors (Lipinski definition) is 5. The van der Waals surface area contributed by atoms with Gasteiger partial charge in [0.15, 0.2) is 5.82 Å². The van der Waals surface area contributed by atoms with E-state index in [4.69, 9.17) is 4.52 Å². The fraction of sp³-hybridized carbons (Fsp3) is 0.800. The Kier molecular flexibility index (Phi) is 4.98. The standard InChI is InChI=1S/C15H25N3O3/c1-4-15(14(19)20)5-7-18(8-6-15)10-13-16-12(17-21-13)9-11(2)3/h11H,4-10H2,1-3H3,(H,19,20). The number of aliphatic carboxylic acids is 1. The fourth-order valence-corrected chi connectivity index (χ4v) is 2.85. The van der Waals surface area contributed by atoms with E-state index in [1.54, 1.807) is 0 Å². The molecule has 2 rings (SSSR count). The number of rotatable bonds is 6. The molecule has 0 unspecified atom stereocenters. The van der Waals surface area contributed by atoms with Crippen molar-refractivity contribution in [1.82, 2.24) is 15.0 Å². The number of aromatic nitrogens is 2. The van der Waals surface area contributed by atoms with Gasteiger partial charge in [-0.1, -0.05) is 25.9 Å². The molecule has 6 nitrogen and oxygen atoms in total. The molecule has 2 heterocycles. The van der Waals surface area contributed by atoms with E-state index in [0.29, 0.717) is 37.6 Å². The quantitative estimate of drug-likeness (QED) is 0.867. The van der Waals surface area contributed by atoms with E-state index in [1.807, 2.05) is 6.92 Å². The zero-order valence-corrected chi connectivity index (χ0v) is 13.1. The Morgan fingerprint density at radius 2 is 2.10 bits per heavy atom. The first-order valence-electron chi connectivity index (χ1n) is 7.72. The van der Waals surface area contributed by atoms with Crippen LogP contribution in [-0.2, 0) is 17.8 Å². The van der Waals surface area contributed by atoms with Gasteiger partial charge in [0.25, 0.3) is 0 Å². The summed E-state index contributed by atoms with van der Waals surface area (Å²) in [5, 5.41) is 13.4. The molecule has 1 fully saturated rings. The molecular formula is C15H25N3O3. The summed E-state index contributed by atoms with van der Waals surface area (Å²) in [4.78, 5) is 18.0. The molecule has 0 radical (unpaired) electrons. The summed E-state index contributed by atoms with van der Waals surface area (Å²) in [5.41, 5.74) is -0.547. The van der Waals surface area contributed by atoms with Crippen LogP contribution < -0.4 is 0 Å². The highest BCUT2D eigenvalue weighted by molar-refractivity contribution is 5.74. The number of hydrogen-bond donors (Lipinski definition) is 1. The van der Waals surface area contributed by atoms with Crippen LogP contribution >= 0.6 is 0 Å². The van der Waals surface area contributed by atoms with Gasteiger partial charge in [0.1, 0.15) is 0 Å². The summed E-state index contributed by atoms with van der Waals surface area (Å²) in [6.07, 6.45) is 2.88. The summed E-state index contributed by atoms with van der Waals surface area (Å²) in [6, 6.07) is 0. The van der Waals surface area contributed by atoms with Gasteiger partial charge in [0, 0.05) is 6.42 Å². The SMILES string of the molecule is CCC1(C(=O)O)CCN(Cc2nc(CC(C)C)no2)CC1. The smallest absolute Gasteiger partial charge is 0.309 e. The number of carboxylic acids is 1. The Balaban J connectivity index is 1.88. The molecule has 1 N–H and O–H groups in total. The van der Waals surface area contributed by atoms with Crippen LogP contribution in [0, 0.1) is 11.3 Å². The first kappa shape index (κ1) is 15.9. The molecule has 0 aliphatic carbocycles. The van der Waals surface area contributed by atoms with Crippen molar-refractivity contribution >= 4 is 5.97 Å². The minimum atomic E-state index is -0.665. The van der Waals surface area contributed by atoms with Gasteiger partial charge in [-0.25, -0.2) is 0 Å². The molecule has 1 saturated heterocycles. The maximum atomic E-state index is 11.4. The monoisotopic (exact) mass is 295 g/mol. The van der Waals surface area contributed by atoms with Crippen molar-refractivity contribution in [2.75, 3.05) is 13.1 Å². The highest BCUT2D eigenvalue weighted by atomic mass is 16.5. The van der Waals surface area contributed by atoms with E-state index in [2.05, 4.69) is 28.9 Å². The van der Waals surface area contributed by atoms with Crippen molar-refractivity contribution in [3.63, 3.8) is 0 Å². The van der Waals surface area contributed by atoms with Gasteiger partial charge in [-0.05, 0) is 38.3 Å². The summed E-state index contributed by atoms with van der Waals surface area (Å²) in [5.74, 6) is 1.23. The lowest BCUT2D eigenvalue weighted by Crippen LogP contribution is -2.43. The maximum Gasteiger partial charge on any atom is 0.309 e. The van der Waals surface area contributed by atoms with Gasteiger partial charge < -0.3 is 9.63 Å². The molecule has 1 aliphatic rings. The molecule has 1 aliphatic heterocycles. The molecule has 118 valence electrons. The van der Waals surface area contributed by atoms with Crippen LogP contribution in [0.1, 0.15) is 51.7 Å². The molecule has 0 amide bonds. The first-order chi connectivity index (χ1) is 9.95. The van der Waals surface area contributed by atoms with Crippen LogP contribution in [0.25, 0.3) is 0 Å².